The van der Waals surface area contributed by atoms with Gasteiger partial charge in [0.15, 0.2) is 0 Å². The summed E-state index contributed by atoms with van der Waals surface area (Å²) in [5, 5.41) is 4.66. The van der Waals surface area contributed by atoms with E-state index < -0.39 is 0 Å². The van der Waals surface area contributed by atoms with E-state index in [1.807, 2.05) is 36.4 Å². The Hall–Kier alpha value is -2.53. The van der Waals surface area contributed by atoms with E-state index in [1.54, 1.807) is 14.0 Å². The molecule has 3 aromatic carbocycles. The number of nitrogens with zero attached hydrogens (tertiary/aromatic N) is 1. The van der Waals surface area contributed by atoms with Crippen molar-refractivity contribution in [2.45, 2.75) is 56.1 Å². The molecular weight excluding hydrogens is 491 g/mol. The van der Waals surface area contributed by atoms with Gasteiger partial charge in [-0.1, -0.05) is 71.7 Å². The Kier molecular flexibility index (Phi) is 7.30. The van der Waals surface area contributed by atoms with Crippen molar-refractivity contribution >= 4 is 29.1 Å². The lowest BCUT2D eigenvalue weighted by atomic mass is 9.69. The molecule has 0 saturated carbocycles. The normalized spacial score (nSPS) is 23.6. The maximum Gasteiger partial charge on any atom is 0.216 e. The van der Waals surface area contributed by atoms with Crippen LogP contribution in [0.15, 0.2) is 72.8 Å². The van der Waals surface area contributed by atoms with Gasteiger partial charge in [0.2, 0.25) is 5.91 Å². The quantitative estimate of drug-likeness (QED) is 0.371. The molecule has 0 aliphatic carbocycles. The zero-order chi connectivity index (χ0) is 25.3. The minimum Gasteiger partial charge on any atom is -0.497 e. The third-order valence-corrected chi connectivity index (χ3v) is 8.69. The Balaban J connectivity index is 1.56. The number of hydrogen-bond donors (Lipinski definition) is 1. The number of carbonyl (C=O) groups excluding carboxylic acids is 1. The third-order valence-electron chi connectivity index (χ3n) is 8.00. The highest BCUT2D eigenvalue weighted by Gasteiger charge is 2.51. The molecule has 5 rings (SSSR count). The van der Waals surface area contributed by atoms with Gasteiger partial charge in [0, 0.05) is 41.0 Å². The Morgan fingerprint density at radius 1 is 0.944 bits per heavy atom. The Bertz CT molecular complexity index is 1170. The molecule has 2 fully saturated rings. The highest BCUT2D eigenvalue weighted by Crippen LogP contribution is 2.52. The summed E-state index contributed by atoms with van der Waals surface area (Å²) in [5.41, 5.74) is 3.28. The highest BCUT2D eigenvalue weighted by atomic mass is 35.5. The third kappa shape index (κ3) is 4.74. The summed E-state index contributed by atoms with van der Waals surface area (Å²) in [6.45, 7) is 2.22. The standard InChI is InChI=1S/C30H32Cl2N2O2/c1-20(35)33-19-30(21-11-15-24(36-2)16-12-21)17-22-13-14-23(18-30)34(22)29(25-7-3-5-9-27(25)31)26-8-4-6-10-28(26)32/h3-12,15-16,22-23,29H,13-14,17-19H2,1-2H3,(H,33,35)/t22-,23-/m0/s1. The van der Waals surface area contributed by atoms with Crippen LogP contribution in [0.5, 0.6) is 5.75 Å². The second kappa shape index (κ2) is 10.5. The number of benzene rings is 3. The van der Waals surface area contributed by atoms with Crippen LogP contribution in [-0.2, 0) is 10.2 Å². The number of halogens is 2. The molecule has 1 N–H and O–H groups in total. The largest absolute Gasteiger partial charge is 0.497 e. The average molecular weight is 524 g/mol. The molecule has 2 aliphatic rings. The van der Waals surface area contributed by atoms with Crippen molar-refractivity contribution in [2.75, 3.05) is 13.7 Å². The summed E-state index contributed by atoms with van der Waals surface area (Å²) in [4.78, 5) is 14.6. The van der Waals surface area contributed by atoms with Crippen molar-refractivity contribution in [3.63, 3.8) is 0 Å². The van der Waals surface area contributed by atoms with E-state index in [2.05, 4.69) is 46.6 Å². The molecule has 188 valence electrons. The number of methoxy groups -OCH3 is 1. The fraction of sp³-hybridized carbons (Fsp3) is 0.367. The number of nitrogens with one attached hydrogen (secondary N) is 1. The van der Waals surface area contributed by atoms with E-state index >= 15 is 0 Å². The van der Waals surface area contributed by atoms with Crippen molar-refractivity contribution in [1.29, 1.82) is 0 Å². The smallest absolute Gasteiger partial charge is 0.216 e. The number of piperidine rings is 1. The number of rotatable bonds is 7. The van der Waals surface area contributed by atoms with E-state index in [0.717, 1.165) is 52.6 Å². The number of fused-ring (bicyclic) bond motifs is 2. The molecular formula is C30H32Cl2N2O2. The van der Waals surface area contributed by atoms with Crippen LogP contribution in [0.4, 0.5) is 0 Å². The van der Waals surface area contributed by atoms with Crippen molar-refractivity contribution in [3.05, 3.63) is 99.5 Å². The first kappa shape index (κ1) is 25.1. The van der Waals surface area contributed by atoms with E-state index in [0.29, 0.717) is 18.6 Å². The second-order valence-corrected chi connectivity index (χ2v) is 10.9. The number of amides is 1. The van der Waals surface area contributed by atoms with Gasteiger partial charge < -0.3 is 10.1 Å². The van der Waals surface area contributed by atoms with Crippen LogP contribution in [0.25, 0.3) is 0 Å². The molecule has 4 nitrogen and oxygen atoms in total. The van der Waals surface area contributed by atoms with Gasteiger partial charge in [0.05, 0.1) is 13.2 Å². The monoisotopic (exact) mass is 522 g/mol. The zero-order valence-electron chi connectivity index (χ0n) is 20.7. The molecule has 36 heavy (non-hydrogen) atoms. The van der Waals surface area contributed by atoms with E-state index in [-0.39, 0.29) is 17.4 Å². The van der Waals surface area contributed by atoms with Crippen molar-refractivity contribution in [1.82, 2.24) is 10.2 Å². The molecule has 2 atom stereocenters. The maximum absolute atomic E-state index is 12.0. The first-order valence-electron chi connectivity index (χ1n) is 12.6. The van der Waals surface area contributed by atoms with Crippen LogP contribution in [-0.4, -0.2) is 36.5 Å². The number of hydrogen-bond acceptors (Lipinski definition) is 3. The fourth-order valence-electron chi connectivity index (χ4n) is 6.41. The molecule has 0 aromatic heterocycles. The van der Waals surface area contributed by atoms with Gasteiger partial charge in [-0.25, -0.2) is 0 Å². The molecule has 2 saturated heterocycles. The molecule has 2 heterocycles. The zero-order valence-corrected chi connectivity index (χ0v) is 22.2. The lowest BCUT2D eigenvalue weighted by Crippen LogP contribution is -2.54. The van der Waals surface area contributed by atoms with Gasteiger partial charge in [0.1, 0.15) is 5.75 Å². The van der Waals surface area contributed by atoms with Crippen molar-refractivity contribution < 1.29 is 9.53 Å². The Morgan fingerprint density at radius 3 is 1.94 bits per heavy atom. The molecule has 6 heteroatoms. The maximum atomic E-state index is 12.0. The predicted octanol–water partition coefficient (Wildman–Crippen LogP) is 6.79. The topological polar surface area (TPSA) is 41.6 Å². The van der Waals surface area contributed by atoms with Gasteiger partial charge in [-0.15, -0.1) is 0 Å². The second-order valence-electron chi connectivity index (χ2n) is 10.1. The molecule has 0 unspecified atom stereocenters. The van der Waals surface area contributed by atoms with E-state index in [4.69, 9.17) is 27.9 Å². The molecule has 1 amide bonds. The average Bonchev–Trinajstić information content (AvgIpc) is 3.14. The molecule has 0 spiro atoms. The molecule has 2 aliphatic heterocycles. The van der Waals surface area contributed by atoms with Crippen LogP contribution in [0.2, 0.25) is 10.0 Å². The molecule has 2 bridgehead atoms. The van der Waals surface area contributed by atoms with Crippen LogP contribution in [0.1, 0.15) is 55.3 Å². The van der Waals surface area contributed by atoms with Crippen LogP contribution >= 0.6 is 23.2 Å². The lowest BCUT2D eigenvalue weighted by molar-refractivity contribution is -0.119. The molecule has 3 aromatic rings. The minimum absolute atomic E-state index is 0.00248. The number of carbonyl (C=O) groups is 1. The van der Waals surface area contributed by atoms with E-state index in [9.17, 15) is 4.79 Å². The Labute approximate surface area is 223 Å². The summed E-state index contributed by atoms with van der Waals surface area (Å²) < 4.78 is 5.41. The summed E-state index contributed by atoms with van der Waals surface area (Å²) >= 11 is 13.6. The summed E-state index contributed by atoms with van der Waals surface area (Å²) in [7, 11) is 1.68. The van der Waals surface area contributed by atoms with Crippen LogP contribution in [0.3, 0.4) is 0 Å². The van der Waals surface area contributed by atoms with Gasteiger partial charge in [-0.2, -0.15) is 0 Å². The molecule has 0 radical (unpaired) electrons. The first-order chi connectivity index (χ1) is 17.4. The van der Waals surface area contributed by atoms with Gasteiger partial charge in [-0.05, 0) is 66.6 Å². The van der Waals surface area contributed by atoms with Crippen LogP contribution in [0, 0.1) is 0 Å². The van der Waals surface area contributed by atoms with Gasteiger partial charge in [0.25, 0.3) is 0 Å². The summed E-state index contributed by atoms with van der Waals surface area (Å²) in [5.74, 6) is 0.842. The van der Waals surface area contributed by atoms with Crippen molar-refractivity contribution in [3.8, 4) is 5.75 Å². The van der Waals surface area contributed by atoms with E-state index in [1.165, 1.54) is 5.56 Å². The minimum atomic E-state index is -0.147. The van der Waals surface area contributed by atoms with Gasteiger partial charge in [-0.3, -0.25) is 9.69 Å². The highest BCUT2D eigenvalue weighted by molar-refractivity contribution is 6.32. The summed E-state index contributed by atoms with van der Waals surface area (Å²) in [6, 6.07) is 25.2. The predicted molar refractivity (Wildman–Crippen MR) is 146 cm³/mol. The Morgan fingerprint density at radius 2 is 1.47 bits per heavy atom. The summed E-state index contributed by atoms with van der Waals surface area (Å²) in [6.07, 6.45) is 4.10. The van der Waals surface area contributed by atoms with Crippen LogP contribution < -0.4 is 10.1 Å². The SMILES string of the molecule is COc1ccc(C2(CNC(C)=O)C[C@@H]3CC[C@@H](C2)N3C(c2ccccc2Cl)c2ccccc2Cl)cc1. The van der Waals surface area contributed by atoms with Gasteiger partial charge >= 0.3 is 0 Å². The lowest BCUT2D eigenvalue weighted by Gasteiger charge is -2.50. The first-order valence-corrected chi connectivity index (χ1v) is 13.3. The number of ether oxygens (including phenoxy) is 1. The fourth-order valence-corrected chi connectivity index (χ4v) is 6.88. The van der Waals surface area contributed by atoms with Crippen molar-refractivity contribution in [2.24, 2.45) is 0 Å².